The Kier molecular flexibility index (Phi) is 2.55. The molecular formula is C13H11Cl. The van der Waals surface area contributed by atoms with Crippen molar-refractivity contribution in [3.8, 4) is 11.1 Å². The summed E-state index contributed by atoms with van der Waals surface area (Å²) in [5.41, 5.74) is 3.52. The summed E-state index contributed by atoms with van der Waals surface area (Å²) in [5.74, 6) is 0. The van der Waals surface area contributed by atoms with E-state index in [4.69, 9.17) is 11.6 Å². The van der Waals surface area contributed by atoms with Gasteiger partial charge in [0.05, 0.1) is 0 Å². The van der Waals surface area contributed by atoms with E-state index in [1.807, 2.05) is 24.3 Å². The number of rotatable bonds is 1. The molecule has 0 heterocycles. The minimum absolute atomic E-state index is 0.802. The molecule has 0 aliphatic heterocycles. The van der Waals surface area contributed by atoms with Gasteiger partial charge < -0.3 is 0 Å². The normalized spacial score (nSPS) is 10.1. The van der Waals surface area contributed by atoms with Crippen molar-refractivity contribution in [1.82, 2.24) is 0 Å². The van der Waals surface area contributed by atoms with Crippen molar-refractivity contribution in [2.24, 2.45) is 0 Å². The van der Waals surface area contributed by atoms with E-state index in [0.29, 0.717) is 0 Å². The Morgan fingerprint density at radius 1 is 0.857 bits per heavy atom. The van der Waals surface area contributed by atoms with E-state index in [9.17, 15) is 0 Å². The highest BCUT2D eigenvalue weighted by Gasteiger charge is 2.00. The standard InChI is InChI=1S/C13H11Cl/c1-10-6-8-11(9-7-10)12-4-2-3-5-13(12)14/h2-9H,1H3. The summed E-state index contributed by atoms with van der Waals surface area (Å²) < 4.78 is 0. The van der Waals surface area contributed by atoms with Crippen molar-refractivity contribution in [2.45, 2.75) is 6.92 Å². The molecule has 0 unspecified atom stereocenters. The lowest BCUT2D eigenvalue weighted by Crippen LogP contribution is -1.79. The van der Waals surface area contributed by atoms with Crippen molar-refractivity contribution in [3.05, 3.63) is 59.1 Å². The van der Waals surface area contributed by atoms with Gasteiger partial charge in [-0.3, -0.25) is 0 Å². The lowest BCUT2D eigenvalue weighted by Gasteiger charge is -2.03. The summed E-state index contributed by atoms with van der Waals surface area (Å²) in [7, 11) is 0. The molecule has 2 aromatic rings. The fourth-order valence-corrected chi connectivity index (χ4v) is 1.67. The van der Waals surface area contributed by atoms with Crippen molar-refractivity contribution in [3.63, 3.8) is 0 Å². The quantitative estimate of drug-likeness (QED) is 0.646. The maximum absolute atomic E-state index is 6.10. The van der Waals surface area contributed by atoms with Crippen molar-refractivity contribution >= 4 is 11.6 Å². The summed E-state index contributed by atoms with van der Waals surface area (Å²) in [5, 5.41) is 0.802. The highest BCUT2D eigenvalue weighted by atomic mass is 35.5. The minimum Gasteiger partial charge on any atom is -0.0837 e. The molecule has 0 nitrogen and oxygen atoms in total. The molecule has 0 N–H and O–H groups in total. The molecule has 0 amide bonds. The highest BCUT2D eigenvalue weighted by molar-refractivity contribution is 6.33. The SMILES string of the molecule is Cc1ccc(-c2ccccc2Cl)cc1. The summed E-state index contributed by atoms with van der Waals surface area (Å²) in [6.07, 6.45) is 0. The van der Waals surface area contributed by atoms with Crippen LogP contribution in [0.4, 0.5) is 0 Å². The van der Waals surface area contributed by atoms with E-state index in [1.165, 1.54) is 11.1 Å². The zero-order chi connectivity index (χ0) is 9.97. The molecule has 2 rings (SSSR count). The number of benzene rings is 2. The van der Waals surface area contributed by atoms with E-state index in [-0.39, 0.29) is 0 Å². The van der Waals surface area contributed by atoms with Crippen LogP contribution in [0.3, 0.4) is 0 Å². The second-order valence-electron chi connectivity index (χ2n) is 3.35. The van der Waals surface area contributed by atoms with Crippen molar-refractivity contribution in [1.29, 1.82) is 0 Å². The molecule has 0 aliphatic carbocycles. The number of hydrogen-bond donors (Lipinski definition) is 0. The average molecular weight is 203 g/mol. The second-order valence-corrected chi connectivity index (χ2v) is 3.75. The first kappa shape index (κ1) is 9.29. The molecule has 2 aromatic carbocycles. The van der Waals surface area contributed by atoms with Crippen LogP contribution < -0.4 is 0 Å². The minimum atomic E-state index is 0.802. The first-order valence-corrected chi connectivity index (χ1v) is 4.97. The topological polar surface area (TPSA) is 0 Å². The molecule has 0 aliphatic rings. The van der Waals surface area contributed by atoms with Gasteiger partial charge in [0.1, 0.15) is 0 Å². The van der Waals surface area contributed by atoms with E-state index < -0.39 is 0 Å². The van der Waals surface area contributed by atoms with Crippen LogP contribution in [0.5, 0.6) is 0 Å². The predicted octanol–water partition coefficient (Wildman–Crippen LogP) is 4.32. The number of aryl methyl sites for hydroxylation is 1. The Morgan fingerprint density at radius 3 is 2.14 bits per heavy atom. The van der Waals surface area contributed by atoms with Gasteiger partial charge in [0, 0.05) is 10.6 Å². The van der Waals surface area contributed by atoms with Gasteiger partial charge in [0.15, 0.2) is 0 Å². The Morgan fingerprint density at radius 2 is 1.50 bits per heavy atom. The van der Waals surface area contributed by atoms with Crippen LogP contribution in [0.15, 0.2) is 48.5 Å². The summed E-state index contributed by atoms with van der Waals surface area (Å²) in [4.78, 5) is 0. The second kappa shape index (κ2) is 3.85. The molecule has 1 heteroatoms. The molecule has 0 spiro atoms. The lowest BCUT2D eigenvalue weighted by atomic mass is 10.0. The Bertz CT molecular complexity index is 429. The van der Waals surface area contributed by atoms with E-state index in [0.717, 1.165) is 10.6 Å². The van der Waals surface area contributed by atoms with Crippen LogP contribution in [-0.2, 0) is 0 Å². The van der Waals surface area contributed by atoms with Gasteiger partial charge in [-0.2, -0.15) is 0 Å². The molecule has 14 heavy (non-hydrogen) atoms. The molecule has 0 radical (unpaired) electrons. The maximum atomic E-state index is 6.10. The number of halogens is 1. The van der Waals surface area contributed by atoms with Crippen molar-refractivity contribution in [2.75, 3.05) is 0 Å². The smallest absolute Gasteiger partial charge is 0.0484 e. The fourth-order valence-electron chi connectivity index (χ4n) is 1.43. The van der Waals surface area contributed by atoms with Crippen LogP contribution in [-0.4, -0.2) is 0 Å². The Hall–Kier alpha value is -1.27. The summed E-state index contributed by atoms with van der Waals surface area (Å²) in [6, 6.07) is 16.3. The molecule has 0 aromatic heterocycles. The van der Waals surface area contributed by atoms with Gasteiger partial charge in [-0.25, -0.2) is 0 Å². The van der Waals surface area contributed by atoms with Gasteiger partial charge in [-0.1, -0.05) is 59.6 Å². The predicted molar refractivity (Wildman–Crippen MR) is 61.6 cm³/mol. The largest absolute Gasteiger partial charge is 0.0837 e. The third kappa shape index (κ3) is 1.80. The van der Waals surface area contributed by atoms with E-state index in [2.05, 4.69) is 31.2 Å². The fraction of sp³-hybridized carbons (Fsp3) is 0.0769. The number of hydrogen-bond acceptors (Lipinski definition) is 0. The Labute approximate surface area is 89.2 Å². The third-order valence-electron chi connectivity index (χ3n) is 2.24. The molecule has 0 bridgehead atoms. The first-order chi connectivity index (χ1) is 6.77. The molecule has 0 fully saturated rings. The van der Waals surface area contributed by atoms with Gasteiger partial charge in [-0.15, -0.1) is 0 Å². The van der Waals surface area contributed by atoms with Gasteiger partial charge in [-0.05, 0) is 18.6 Å². The third-order valence-corrected chi connectivity index (χ3v) is 2.57. The molecule has 0 saturated carbocycles. The summed E-state index contributed by atoms with van der Waals surface area (Å²) in [6.45, 7) is 2.08. The average Bonchev–Trinajstić information content (AvgIpc) is 2.20. The molecule has 0 saturated heterocycles. The lowest BCUT2D eigenvalue weighted by molar-refractivity contribution is 1.47. The first-order valence-electron chi connectivity index (χ1n) is 4.59. The van der Waals surface area contributed by atoms with Gasteiger partial charge in [0.2, 0.25) is 0 Å². The van der Waals surface area contributed by atoms with Crippen LogP contribution in [0.2, 0.25) is 5.02 Å². The van der Waals surface area contributed by atoms with E-state index >= 15 is 0 Å². The molecular weight excluding hydrogens is 192 g/mol. The zero-order valence-electron chi connectivity index (χ0n) is 8.00. The highest BCUT2D eigenvalue weighted by Crippen LogP contribution is 2.27. The van der Waals surface area contributed by atoms with E-state index in [1.54, 1.807) is 0 Å². The van der Waals surface area contributed by atoms with Crippen LogP contribution in [0.1, 0.15) is 5.56 Å². The Balaban J connectivity index is 2.50. The molecule has 0 atom stereocenters. The van der Waals surface area contributed by atoms with Gasteiger partial charge >= 0.3 is 0 Å². The molecule has 70 valence electrons. The van der Waals surface area contributed by atoms with Crippen molar-refractivity contribution < 1.29 is 0 Å². The maximum Gasteiger partial charge on any atom is 0.0484 e. The van der Waals surface area contributed by atoms with Crippen LogP contribution in [0.25, 0.3) is 11.1 Å². The van der Waals surface area contributed by atoms with Crippen LogP contribution >= 0.6 is 11.6 Å². The summed E-state index contributed by atoms with van der Waals surface area (Å²) >= 11 is 6.10. The zero-order valence-corrected chi connectivity index (χ0v) is 8.75. The van der Waals surface area contributed by atoms with Gasteiger partial charge in [0.25, 0.3) is 0 Å². The van der Waals surface area contributed by atoms with Crippen LogP contribution in [0, 0.1) is 6.92 Å². The monoisotopic (exact) mass is 202 g/mol.